The number of nitrogens with two attached hydrogens (primary N) is 2. The van der Waals surface area contributed by atoms with Crippen LogP contribution in [0.3, 0.4) is 0 Å². The van der Waals surface area contributed by atoms with E-state index in [1.165, 1.54) is 23.4 Å². The third-order valence-electron chi connectivity index (χ3n) is 7.51. The molecule has 2 saturated heterocycles. The van der Waals surface area contributed by atoms with Crippen molar-refractivity contribution in [2.24, 2.45) is 5.73 Å². The number of aliphatic hydroxyl groups is 4. The number of ketones is 1. The second-order valence-electron chi connectivity index (χ2n) is 11.0. The van der Waals surface area contributed by atoms with E-state index in [1.54, 1.807) is 0 Å². The Kier molecular flexibility index (Phi) is 10.6. The number of aromatic nitrogens is 4. The van der Waals surface area contributed by atoms with Crippen LogP contribution in [0.15, 0.2) is 36.7 Å². The molecule has 0 bridgehead atoms. The third-order valence-corrected chi connectivity index (χ3v) is 10.1. The predicted molar refractivity (Wildman–Crippen MR) is 158 cm³/mol. The molecule has 0 radical (unpaired) electrons. The molecule has 10 N–H and O–H groups in total. The number of carbonyl (C=O) groups is 3. The lowest BCUT2D eigenvalue weighted by Crippen LogP contribution is -2.51. The van der Waals surface area contributed by atoms with E-state index >= 15 is 0 Å². The molecule has 2 aromatic rings. The molecule has 274 valence electrons. The van der Waals surface area contributed by atoms with Crippen LogP contribution in [-0.2, 0) is 51.1 Å². The number of hydrogen-bond acceptors (Lipinski definition) is 20. The summed E-state index contributed by atoms with van der Waals surface area (Å²) in [6.07, 6.45) is -5.75. The first-order valence-corrected chi connectivity index (χ1v) is 17.2. The minimum atomic E-state index is -5.75. The number of aliphatic hydroxyl groups excluding tert-OH is 4. The zero-order valence-electron chi connectivity index (χ0n) is 25.5. The first-order valence-electron chi connectivity index (χ1n) is 14.2. The Hall–Kier alpha value is -3.74. The SMILES string of the molecule is CC(=O)C(=O)OC1(COP(=O)(O)OP(=O)(O)OCC2OC(N3C=CCC(C(N)=O)=C3)C(O)C2O)OC(n2cnc3c(N)ncnc32)C(O)C1O. The van der Waals surface area contributed by atoms with Crippen LogP contribution in [0.2, 0.25) is 0 Å². The number of hydrogen-bond donors (Lipinski definition) is 8. The van der Waals surface area contributed by atoms with Crippen molar-refractivity contribution in [2.75, 3.05) is 18.9 Å². The van der Waals surface area contributed by atoms with E-state index in [2.05, 4.69) is 23.8 Å². The maximum absolute atomic E-state index is 12.8. The Balaban J connectivity index is 1.26. The van der Waals surface area contributed by atoms with Gasteiger partial charge < -0.3 is 60.8 Å². The molecule has 50 heavy (non-hydrogen) atoms. The summed E-state index contributed by atoms with van der Waals surface area (Å²) in [6, 6.07) is 0. The predicted octanol–water partition coefficient (Wildman–Crippen LogP) is -3.23. The zero-order valence-corrected chi connectivity index (χ0v) is 27.3. The lowest BCUT2D eigenvalue weighted by Gasteiger charge is -2.31. The van der Waals surface area contributed by atoms with Crippen LogP contribution in [-0.4, -0.2) is 128 Å². The number of primary amides is 1. The van der Waals surface area contributed by atoms with Gasteiger partial charge in [-0.15, -0.1) is 0 Å². The molecule has 24 nitrogen and oxygen atoms in total. The fourth-order valence-electron chi connectivity index (χ4n) is 5.03. The number of carbonyl (C=O) groups excluding carboxylic acids is 3. The molecule has 3 aliphatic heterocycles. The van der Waals surface area contributed by atoms with E-state index in [1.807, 2.05) is 0 Å². The molecule has 0 aromatic carbocycles. The van der Waals surface area contributed by atoms with Crippen LogP contribution in [0.1, 0.15) is 19.6 Å². The van der Waals surface area contributed by atoms with Gasteiger partial charge in [-0.3, -0.25) is 23.2 Å². The van der Waals surface area contributed by atoms with Gasteiger partial charge in [-0.05, 0) is 6.42 Å². The van der Waals surface area contributed by atoms with Crippen LogP contribution in [0.25, 0.3) is 11.2 Å². The molecule has 0 saturated carbocycles. The number of allylic oxidation sites excluding steroid dienone is 1. The summed E-state index contributed by atoms with van der Waals surface area (Å²) in [5, 5.41) is 42.6. The highest BCUT2D eigenvalue weighted by Gasteiger charge is 2.60. The Morgan fingerprint density at radius 2 is 1.74 bits per heavy atom. The van der Waals surface area contributed by atoms with Crippen molar-refractivity contribution in [1.82, 2.24) is 24.4 Å². The van der Waals surface area contributed by atoms with Crippen LogP contribution in [0.5, 0.6) is 0 Å². The lowest BCUT2D eigenvalue weighted by atomic mass is 10.1. The first-order chi connectivity index (χ1) is 23.3. The van der Waals surface area contributed by atoms with Crippen molar-refractivity contribution in [1.29, 1.82) is 0 Å². The standard InChI is InChI=1S/C24H31N7O17P2/c1-10(32)23(38)47-24(17(36)16(35)22(46-24)31-9-29-13-18(25)27-8-28-20(13)31)7-44-50(41,42)48-49(39,40)43-6-12-14(33)15(34)21(45-12)30-4-2-3-11(5-30)19(26)37/h2,4-5,8-9,12,14-17,21-22,33-36H,3,6-7H2,1H3,(H2,26,37)(H,39,40)(H,41,42)(H2,25,27,28). The fourth-order valence-corrected chi connectivity index (χ4v) is 7.13. The Bertz CT molecular complexity index is 1820. The van der Waals surface area contributed by atoms with Crippen molar-refractivity contribution in [3.63, 3.8) is 0 Å². The van der Waals surface area contributed by atoms with Crippen LogP contribution in [0.4, 0.5) is 5.82 Å². The number of nitrogens with zero attached hydrogens (tertiary/aromatic N) is 5. The number of fused-ring (bicyclic) bond motifs is 1. The summed E-state index contributed by atoms with van der Waals surface area (Å²) in [5.74, 6) is -6.63. The fraction of sp³-hybridized carbons (Fsp3) is 0.500. The van der Waals surface area contributed by atoms with Gasteiger partial charge in [0.25, 0.3) is 5.79 Å². The second kappa shape index (κ2) is 14.1. The van der Waals surface area contributed by atoms with Crippen LogP contribution >= 0.6 is 15.6 Å². The molecule has 0 aliphatic carbocycles. The number of rotatable bonds is 13. The number of amides is 1. The number of esters is 1. The first kappa shape index (κ1) is 37.5. The summed E-state index contributed by atoms with van der Waals surface area (Å²) in [4.78, 5) is 68.9. The number of phosphoric ester groups is 2. The molecular formula is C24H31N7O17P2. The van der Waals surface area contributed by atoms with Gasteiger partial charge in [-0.1, -0.05) is 6.08 Å². The van der Waals surface area contributed by atoms with Gasteiger partial charge in [0.2, 0.25) is 11.7 Å². The van der Waals surface area contributed by atoms with E-state index in [0.29, 0.717) is 0 Å². The normalized spacial score (nSPS) is 32.0. The van der Waals surface area contributed by atoms with Crippen molar-refractivity contribution in [3.8, 4) is 0 Å². The van der Waals surface area contributed by atoms with E-state index in [4.69, 9.17) is 30.2 Å². The molecule has 1 amide bonds. The third kappa shape index (κ3) is 7.62. The average Bonchev–Trinajstić information content (AvgIpc) is 3.68. The van der Waals surface area contributed by atoms with E-state index in [9.17, 15) is 53.7 Å². The van der Waals surface area contributed by atoms with E-state index in [0.717, 1.165) is 24.1 Å². The van der Waals surface area contributed by atoms with E-state index < -0.39 is 95.3 Å². The summed E-state index contributed by atoms with van der Waals surface area (Å²) >= 11 is 0. The molecular weight excluding hydrogens is 720 g/mol. The minimum Gasteiger partial charge on any atom is -0.422 e. The molecule has 3 aliphatic rings. The Labute approximate surface area is 279 Å². The van der Waals surface area contributed by atoms with Gasteiger partial charge in [0.05, 0.1) is 12.9 Å². The molecule has 5 heterocycles. The highest BCUT2D eigenvalue weighted by molar-refractivity contribution is 7.61. The number of Topliss-reactive ketones (excluding diaryl/α,β-unsaturated/α-hetero) is 1. The van der Waals surface area contributed by atoms with Crippen LogP contribution < -0.4 is 11.5 Å². The van der Waals surface area contributed by atoms with Crippen LogP contribution in [0, 0.1) is 0 Å². The highest BCUT2D eigenvalue weighted by Crippen LogP contribution is 2.61. The maximum atomic E-state index is 12.8. The zero-order chi connectivity index (χ0) is 36.8. The quantitative estimate of drug-likeness (QED) is 0.0566. The number of imidazole rings is 1. The largest absolute Gasteiger partial charge is 0.481 e. The average molecular weight is 751 g/mol. The van der Waals surface area contributed by atoms with Crippen molar-refractivity contribution in [2.45, 2.75) is 62.1 Å². The molecule has 2 aromatic heterocycles. The topological polar surface area (TPSA) is 361 Å². The van der Waals surface area contributed by atoms with Crippen molar-refractivity contribution < 1.29 is 81.3 Å². The second-order valence-corrected chi connectivity index (χ2v) is 14.0. The van der Waals surface area contributed by atoms with Gasteiger partial charge in [0.1, 0.15) is 42.9 Å². The minimum absolute atomic E-state index is 0.0348. The van der Waals surface area contributed by atoms with Gasteiger partial charge in [-0.25, -0.2) is 28.9 Å². The summed E-state index contributed by atoms with van der Waals surface area (Å²) < 4.78 is 56.1. The summed E-state index contributed by atoms with van der Waals surface area (Å²) in [5.41, 5.74) is 11.2. The summed E-state index contributed by atoms with van der Waals surface area (Å²) in [6.45, 7) is -1.73. The van der Waals surface area contributed by atoms with E-state index in [-0.39, 0.29) is 29.0 Å². The Morgan fingerprint density at radius 3 is 2.42 bits per heavy atom. The van der Waals surface area contributed by atoms with Crippen molar-refractivity contribution >= 4 is 50.3 Å². The molecule has 2 fully saturated rings. The number of ether oxygens (including phenoxy) is 3. The number of phosphoric acid groups is 2. The Morgan fingerprint density at radius 1 is 1.04 bits per heavy atom. The molecule has 5 rings (SSSR count). The smallest absolute Gasteiger partial charge is 0.422 e. The molecule has 10 unspecified atom stereocenters. The van der Waals surface area contributed by atoms with Gasteiger partial charge in [0, 0.05) is 24.9 Å². The number of anilines is 1. The molecule has 0 spiro atoms. The molecule has 10 atom stereocenters. The monoisotopic (exact) mass is 751 g/mol. The molecule has 26 heteroatoms. The van der Waals surface area contributed by atoms with Gasteiger partial charge >= 0.3 is 21.6 Å². The maximum Gasteiger partial charge on any atom is 0.481 e. The number of nitrogen functional groups attached to an aromatic ring is 1. The van der Waals surface area contributed by atoms with Gasteiger partial charge in [0.15, 0.2) is 30.0 Å². The summed E-state index contributed by atoms with van der Waals surface area (Å²) in [7, 11) is -11.3. The van der Waals surface area contributed by atoms with Crippen molar-refractivity contribution in [3.05, 3.63) is 36.7 Å². The lowest BCUT2D eigenvalue weighted by molar-refractivity contribution is -0.265. The highest BCUT2D eigenvalue weighted by atomic mass is 31.3. The van der Waals surface area contributed by atoms with Gasteiger partial charge in [-0.2, -0.15) is 4.31 Å².